The van der Waals surface area contributed by atoms with Gasteiger partial charge in [-0.05, 0) is 12.1 Å². The van der Waals surface area contributed by atoms with Gasteiger partial charge in [-0.2, -0.15) is 11.8 Å². The summed E-state index contributed by atoms with van der Waals surface area (Å²) in [4.78, 5) is 0. The standard InChI is InChI=1S/C12H16BrCl2NS/c1-12(2,3)17-5-4-16-11-9(14)6-8(13)7-10(11)15/h6-7,16H,4-5H2,1-3H3. The van der Waals surface area contributed by atoms with Gasteiger partial charge in [0.25, 0.3) is 0 Å². The highest BCUT2D eigenvalue weighted by atomic mass is 79.9. The van der Waals surface area contributed by atoms with Crippen LogP contribution in [0.15, 0.2) is 16.6 Å². The van der Waals surface area contributed by atoms with Gasteiger partial charge in [0.15, 0.2) is 0 Å². The van der Waals surface area contributed by atoms with Gasteiger partial charge in [0.05, 0.1) is 15.7 Å². The highest BCUT2D eigenvalue weighted by Gasteiger charge is 2.11. The van der Waals surface area contributed by atoms with E-state index in [1.54, 1.807) is 0 Å². The number of nitrogens with one attached hydrogen (secondary N) is 1. The smallest absolute Gasteiger partial charge is 0.0720 e. The van der Waals surface area contributed by atoms with E-state index in [0.29, 0.717) is 10.0 Å². The van der Waals surface area contributed by atoms with Crippen LogP contribution < -0.4 is 5.32 Å². The number of hydrogen-bond donors (Lipinski definition) is 1. The highest BCUT2D eigenvalue weighted by molar-refractivity contribution is 9.10. The van der Waals surface area contributed by atoms with Crippen molar-refractivity contribution in [2.24, 2.45) is 0 Å². The third-order valence-corrected chi connectivity index (χ3v) is 4.27. The molecule has 0 amide bonds. The second kappa shape index (κ2) is 6.55. The van der Waals surface area contributed by atoms with Crippen molar-refractivity contribution in [1.29, 1.82) is 0 Å². The highest BCUT2D eigenvalue weighted by Crippen LogP contribution is 2.34. The van der Waals surface area contributed by atoms with Gasteiger partial charge in [0.1, 0.15) is 0 Å². The molecule has 0 aliphatic heterocycles. The van der Waals surface area contributed by atoms with Crippen LogP contribution in [0.25, 0.3) is 0 Å². The van der Waals surface area contributed by atoms with Crippen LogP contribution in [0.2, 0.25) is 10.0 Å². The van der Waals surface area contributed by atoms with Crippen molar-refractivity contribution in [3.05, 3.63) is 26.7 Å². The number of benzene rings is 1. The minimum atomic E-state index is 0.287. The Morgan fingerprint density at radius 3 is 2.24 bits per heavy atom. The molecule has 0 aliphatic rings. The average molecular weight is 357 g/mol. The maximum Gasteiger partial charge on any atom is 0.0720 e. The lowest BCUT2D eigenvalue weighted by Gasteiger charge is -2.18. The van der Waals surface area contributed by atoms with Gasteiger partial charge in [0.2, 0.25) is 0 Å². The number of hydrogen-bond acceptors (Lipinski definition) is 2. The maximum atomic E-state index is 6.12. The zero-order valence-electron chi connectivity index (χ0n) is 10.1. The summed E-state index contributed by atoms with van der Waals surface area (Å²) in [6.07, 6.45) is 0. The molecular weight excluding hydrogens is 341 g/mol. The van der Waals surface area contributed by atoms with Crippen molar-refractivity contribution >= 4 is 56.6 Å². The molecule has 96 valence electrons. The largest absolute Gasteiger partial charge is 0.382 e. The first kappa shape index (κ1) is 15.5. The predicted octanol–water partition coefficient (Wildman–Crippen LogP) is 5.70. The Kier molecular flexibility index (Phi) is 5.97. The third-order valence-electron chi connectivity index (χ3n) is 1.95. The van der Waals surface area contributed by atoms with Crippen LogP contribution >= 0.6 is 50.9 Å². The Labute approximate surface area is 126 Å². The maximum absolute atomic E-state index is 6.12. The number of anilines is 1. The molecule has 1 rings (SSSR count). The average Bonchev–Trinajstić information content (AvgIpc) is 2.13. The fourth-order valence-electron chi connectivity index (χ4n) is 1.24. The normalized spacial score (nSPS) is 11.6. The van der Waals surface area contributed by atoms with Crippen molar-refractivity contribution in [2.45, 2.75) is 25.5 Å². The molecule has 0 fully saturated rings. The molecule has 1 aromatic carbocycles. The molecule has 0 saturated heterocycles. The van der Waals surface area contributed by atoms with E-state index in [2.05, 4.69) is 42.0 Å². The summed E-state index contributed by atoms with van der Waals surface area (Å²) in [6, 6.07) is 3.68. The van der Waals surface area contributed by atoms with Crippen molar-refractivity contribution in [1.82, 2.24) is 0 Å². The molecule has 0 heterocycles. The SMILES string of the molecule is CC(C)(C)SCCNc1c(Cl)cc(Br)cc1Cl. The van der Waals surface area contributed by atoms with Gasteiger partial charge in [0, 0.05) is 21.5 Å². The Morgan fingerprint density at radius 1 is 1.24 bits per heavy atom. The van der Waals surface area contributed by atoms with E-state index in [0.717, 1.165) is 22.5 Å². The second-order valence-corrected chi connectivity index (χ2v) is 8.28. The molecule has 5 heteroatoms. The first-order valence-electron chi connectivity index (χ1n) is 5.32. The van der Waals surface area contributed by atoms with E-state index in [1.165, 1.54) is 0 Å². The summed E-state index contributed by atoms with van der Waals surface area (Å²) in [7, 11) is 0. The Bertz CT molecular complexity index is 368. The minimum Gasteiger partial charge on any atom is -0.382 e. The molecule has 0 radical (unpaired) electrons. The van der Waals surface area contributed by atoms with Crippen molar-refractivity contribution in [3.8, 4) is 0 Å². The lowest BCUT2D eigenvalue weighted by atomic mass is 10.3. The van der Waals surface area contributed by atoms with E-state index in [9.17, 15) is 0 Å². The Morgan fingerprint density at radius 2 is 1.76 bits per heavy atom. The molecule has 1 N–H and O–H groups in total. The zero-order chi connectivity index (χ0) is 13.1. The quantitative estimate of drug-likeness (QED) is 0.694. The van der Waals surface area contributed by atoms with Crippen LogP contribution in [0.1, 0.15) is 20.8 Å². The molecule has 0 saturated carbocycles. The summed E-state index contributed by atoms with van der Waals surface area (Å²) in [5.41, 5.74) is 0.811. The molecule has 0 unspecified atom stereocenters. The fraction of sp³-hybridized carbons (Fsp3) is 0.500. The van der Waals surface area contributed by atoms with Crippen LogP contribution in [0.3, 0.4) is 0 Å². The molecule has 0 atom stereocenters. The molecular formula is C12H16BrCl2NS. The van der Waals surface area contributed by atoms with Crippen molar-refractivity contribution in [3.63, 3.8) is 0 Å². The van der Waals surface area contributed by atoms with Crippen LogP contribution in [0.5, 0.6) is 0 Å². The molecule has 0 bridgehead atoms. The van der Waals surface area contributed by atoms with Crippen molar-refractivity contribution < 1.29 is 0 Å². The summed E-state index contributed by atoms with van der Waals surface area (Å²) in [5.74, 6) is 1.02. The first-order chi connectivity index (χ1) is 7.79. The molecule has 1 aromatic rings. The minimum absolute atomic E-state index is 0.287. The predicted molar refractivity (Wildman–Crippen MR) is 84.9 cm³/mol. The molecule has 0 spiro atoms. The number of thioether (sulfide) groups is 1. The van der Waals surface area contributed by atoms with Crippen LogP contribution in [-0.4, -0.2) is 17.0 Å². The molecule has 1 nitrogen and oxygen atoms in total. The lowest BCUT2D eigenvalue weighted by Crippen LogP contribution is -2.13. The topological polar surface area (TPSA) is 12.0 Å². The van der Waals surface area contributed by atoms with E-state index in [4.69, 9.17) is 23.2 Å². The summed E-state index contributed by atoms with van der Waals surface area (Å²) < 4.78 is 1.18. The summed E-state index contributed by atoms with van der Waals surface area (Å²) in [5, 5.41) is 4.56. The monoisotopic (exact) mass is 355 g/mol. The third kappa shape index (κ3) is 5.73. The van der Waals surface area contributed by atoms with Gasteiger partial charge in [-0.3, -0.25) is 0 Å². The van der Waals surface area contributed by atoms with E-state index in [-0.39, 0.29) is 4.75 Å². The molecule has 0 aromatic heterocycles. The van der Waals surface area contributed by atoms with E-state index in [1.807, 2.05) is 23.9 Å². The molecule has 0 aliphatic carbocycles. The van der Waals surface area contributed by atoms with E-state index < -0.39 is 0 Å². The lowest BCUT2D eigenvalue weighted by molar-refractivity contribution is 0.802. The molecule has 17 heavy (non-hydrogen) atoms. The number of rotatable bonds is 4. The van der Waals surface area contributed by atoms with Crippen LogP contribution in [0, 0.1) is 0 Å². The van der Waals surface area contributed by atoms with E-state index >= 15 is 0 Å². The summed E-state index contributed by atoms with van der Waals surface area (Å²) in [6.45, 7) is 7.47. The zero-order valence-corrected chi connectivity index (χ0v) is 14.0. The second-order valence-electron chi connectivity index (χ2n) is 4.63. The van der Waals surface area contributed by atoms with Gasteiger partial charge in [-0.1, -0.05) is 59.9 Å². The van der Waals surface area contributed by atoms with Crippen molar-refractivity contribution in [2.75, 3.05) is 17.6 Å². The fourth-order valence-corrected chi connectivity index (χ4v) is 3.40. The first-order valence-corrected chi connectivity index (χ1v) is 7.85. The Hall–Kier alpha value is 0.430. The van der Waals surface area contributed by atoms with Gasteiger partial charge in [-0.25, -0.2) is 0 Å². The van der Waals surface area contributed by atoms with Gasteiger partial charge in [-0.15, -0.1) is 0 Å². The summed E-state index contributed by atoms with van der Waals surface area (Å²) >= 11 is 17.5. The van der Waals surface area contributed by atoms with Crippen LogP contribution in [0.4, 0.5) is 5.69 Å². The van der Waals surface area contributed by atoms with Gasteiger partial charge >= 0.3 is 0 Å². The van der Waals surface area contributed by atoms with Crippen LogP contribution in [-0.2, 0) is 0 Å². The van der Waals surface area contributed by atoms with Gasteiger partial charge < -0.3 is 5.32 Å². The Balaban J connectivity index is 2.53. The number of halogens is 3.